The molecule has 1 heterocycles. The second kappa shape index (κ2) is 10.5. The molecular weight excluding hydrogens is 488 g/mol. The van der Waals surface area contributed by atoms with Gasteiger partial charge in [0.1, 0.15) is 0 Å². The molecule has 1 aliphatic heterocycles. The van der Waals surface area contributed by atoms with Gasteiger partial charge in [0.05, 0.1) is 4.90 Å². The molecule has 0 aromatic heterocycles. The number of hydrogen-bond donors (Lipinski definition) is 2. The van der Waals surface area contributed by atoms with Crippen LogP contribution in [-0.4, -0.2) is 63.4 Å². The van der Waals surface area contributed by atoms with E-state index in [1.165, 1.54) is 11.0 Å². The van der Waals surface area contributed by atoms with E-state index in [4.69, 9.17) is 0 Å². The Morgan fingerprint density at radius 1 is 0.892 bits per heavy atom. The summed E-state index contributed by atoms with van der Waals surface area (Å²) < 4.78 is 30.2. The molecule has 1 saturated heterocycles. The standard InChI is InChI=1S/C28H34N4O4S/c1-18-10-6-7-11-21(18)27(33)29-24-14-15-25(23-13-9-8-12-22(23)24)37(35,36)30-26-19(2)16-32(17-20(26)3)28(34)31(4)5/h6-15,19-20,26,30H,16-17H2,1-5H3,(H,29,33)/t19-,20-/m0/s1. The van der Waals surface area contributed by atoms with Gasteiger partial charge >= 0.3 is 6.03 Å². The minimum absolute atomic E-state index is 0.0682. The van der Waals surface area contributed by atoms with Crippen LogP contribution in [0.5, 0.6) is 0 Å². The molecule has 0 spiro atoms. The summed E-state index contributed by atoms with van der Waals surface area (Å²) in [6.45, 7) is 6.73. The van der Waals surface area contributed by atoms with Crippen LogP contribution in [0.2, 0.25) is 0 Å². The Kier molecular flexibility index (Phi) is 7.57. The Balaban J connectivity index is 1.61. The van der Waals surface area contributed by atoms with Crippen LogP contribution in [0, 0.1) is 18.8 Å². The van der Waals surface area contributed by atoms with E-state index in [1.807, 2.05) is 45.0 Å². The number of amides is 3. The van der Waals surface area contributed by atoms with Crippen LogP contribution in [0.3, 0.4) is 0 Å². The lowest BCUT2D eigenvalue weighted by Gasteiger charge is -2.42. The zero-order valence-corrected chi connectivity index (χ0v) is 22.7. The van der Waals surface area contributed by atoms with Crippen molar-refractivity contribution in [1.29, 1.82) is 0 Å². The molecule has 2 atom stereocenters. The summed E-state index contributed by atoms with van der Waals surface area (Å²) >= 11 is 0. The second-order valence-electron chi connectivity index (χ2n) is 10.1. The van der Waals surface area contributed by atoms with Gasteiger partial charge in [0.25, 0.3) is 5.91 Å². The Morgan fingerprint density at radius 3 is 2.11 bits per heavy atom. The summed E-state index contributed by atoms with van der Waals surface area (Å²) in [4.78, 5) is 28.8. The van der Waals surface area contributed by atoms with Gasteiger partial charge in [-0.3, -0.25) is 4.79 Å². The van der Waals surface area contributed by atoms with E-state index in [-0.39, 0.29) is 34.7 Å². The van der Waals surface area contributed by atoms with E-state index < -0.39 is 10.0 Å². The van der Waals surface area contributed by atoms with E-state index in [2.05, 4.69) is 10.0 Å². The third-order valence-electron chi connectivity index (χ3n) is 7.00. The van der Waals surface area contributed by atoms with Crippen molar-refractivity contribution < 1.29 is 18.0 Å². The molecule has 3 aromatic rings. The van der Waals surface area contributed by atoms with Gasteiger partial charge in [-0.1, -0.05) is 56.3 Å². The number of anilines is 1. The fourth-order valence-electron chi connectivity index (χ4n) is 5.10. The van der Waals surface area contributed by atoms with Gasteiger partial charge in [-0.2, -0.15) is 0 Å². The van der Waals surface area contributed by atoms with E-state index in [0.29, 0.717) is 35.1 Å². The van der Waals surface area contributed by atoms with Gasteiger partial charge in [-0.15, -0.1) is 0 Å². The van der Waals surface area contributed by atoms with Crippen LogP contribution < -0.4 is 10.0 Å². The van der Waals surface area contributed by atoms with Crippen LogP contribution in [0.1, 0.15) is 29.8 Å². The predicted molar refractivity (Wildman–Crippen MR) is 146 cm³/mol. The molecule has 37 heavy (non-hydrogen) atoms. The van der Waals surface area contributed by atoms with Crippen LogP contribution in [-0.2, 0) is 10.0 Å². The molecule has 0 unspecified atom stereocenters. The molecule has 0 bridgehead atoms. The van der Waals surface area contributed by atoms with E-state index in [1.54, 1.807) is 49.3 Å². The molecule has 1 fully saturated rings. The Morgan fingerprint density at radius 2 is 1.49 bits per heavy atom. The zero-order valence-electron chi connectivity index (χ0n) is 21.9. The van der Waals surface area contributed by atoms with Crippen molar-refractivity contribution in [2.75, 3.05) is 32.5 Å². The van der Waals surface area contributed by atoms with Crippen LogP contribution in [0.25, 0.3) is 10.8 Å². The smallest absolute Gasteiger partial charge is 0.319 e. The fraction of sp³-hybridized carbons (Fsp3) is 0.357. The van der Waals surface area contributed by atoms with Crippen molar-refractivity contribution >= 4 is 38.4 Å². The quantitative estimate of drug-likeness (QED) is 0.522. The van der Waals surface area contributed by atoms with E-state index >= 15 is 0 Å². The SMILES string of the molecule is Cc1ccccc1C(=O)Nc1ccc(S(=O)(=O)NC2[C@@H](C)CN(C(=O)N(C)C)C[C@@H]2C)c2ccccc12. The largest absolute Gasteiger partial charge is 0.331 e. The lowest BCUT2D eigenvalue weighted by molar-refractivity contribution is 0.102. The fourth-order valence-corrected chi connectivity index (χ4v) is 6.77. The number of nitrogens with zero attached hydrogens (tertiary/aromatic N) is 2. The molecule has 0 saturated carbocycles. The maximum atomic E-state index is 13.6. The Hall–Kier alpha value is -3.43. The monoisotopic (exact) mass is 522 g/mol. The molecule has 4 rings (SSSR count). The first-order valence-corrected chi connectivity index (χ1v) is 13.8. The van der Waals surface area contributed by atoms with Gasteiger partial charge in [0.15, 0.2) is 0 Å². The summed E-state index contributed by atoms with van der Waals surface area (Å²) in [7, 11) is -0.461. The number of carbonyl (C=O) groups excluding carboxylic acids is 2. The number of fused-ring (bicyclic) bond motifs is 1. The highest BCUT2D eigenvalue weighted by Gasteiger charge is 2.37. The van der Waals surface area contributed by atoms with Crippen molar-refractivity contribution in [3.63, 3.8) is 0 Å². The Labute approximate surface area is 218 Å². The van der Waals surface area contributed by atoms with Crippen molar-refractivity contribution in [2.24, 2.45) is 11.8 Å². The molecule has 1 aliphatic rings. The highest BCUT2D eigenvalue weighted by molar-refractivity contribution is 7.89. The number of hydrogen-bond acceptors (Lipinski definition) is 4. The van der Waals surface area contributed by atoms with Gasteiger partial charge in [-0.25, -0.2) is 17.9 Å². The maximum Gasteiger partial charge on any atom is 0.319 e. The molecule has 9 heteroatoms. The highest BCUT2D eigenvalue weighted by atomic mass is 32.2. The number of nitrogens with one attached hydrogen (secondary N) is 2. The number of piperidine rings is 1. The third-order valence-corrected chi connectivity index (χ3v) is 8.52. The van der Waals surface area contributed by atoms with Crippen LogP contribution in [0.4, 0.5) is 10.5 Å². The zero-order chi connectivity index (χ0) is 26.9. The number of benzene rings is 3. The summed E-state index contributed by atoms with van der Waals surface area (Å²) in [5, 5.41) is 4.11. The van der Waals surface area contributed by atoms with Crippen molar-refractivity contribution in [3.8, 4) is 0 Å². The van der Waals surface area contributed by atoms with Crippen LogP contribution in [0.15, 0.2) is 65.6 Å². The maximum absolute atomic E-state index is 13.6. The minimum atomic E-state index is -3.89. The average molecular weight is 523 g/mol. The first kappa shape index (κ1) is 26.6. The number of aryl methyl sites for hydroxylation is 1. The average Bonchev–Trinajstić information content (AvgIpc) is 2.85. The van der Waals surface area contributed by atoms with Crippen molar-refractivity contribution in [2.45, 2.75) is 31.7 Å². The summed E-state index contributed by atoms with van der Waals surface area (Å²) in [5.74, 6) is -0.388. The molecule has 3 amide bonds. The summed E-state index contributed by atoms with van der Waals surface area (Å²) in [6.07, 6.45) is 0. The first-order valence-electron chi connectivity index (χ1n) is 12.4. The minimum Gasteiger partial charge on any atom is -0.331 e. The van der Waals surface area contributed by atoms with E-state index in [9.17, 15) is 18.0 Å². The Bertz CT molecular complexity index is 1430. The normalized spacial score (nSPS) is 18.6. The molecule has 2 N–H and O–H groups in total. The summed E-state index contributed by atoms with van der Waals surface area (Å²) in [5.41, 5.74) is 1.96. The number of sulfonamides is 1. The molecule has 0 radical (unpaired) electrons. The number of rotatable bonds is 5. The van der Waals surface area contributed by atoms with Gasteiger partial charge in [-0.05, 0) is 42.5 Å². The second-order valence-corrected chi connectivity index (χ2v) is 11.8. The molecule has 196 valence electrons. The number of urea groups is 1. The third kappa shape index (κ3) is 5.47. The first-order chi connectivity index (χ1) is 17.5. The van der Waals surface area contributed by atoms with Crippen molar-refractivity contribution in [3.05, 3.63) is 71.8 Å². The van der Waals surface area contributed by atoms with Gasteiger partial charge < -0.3 is 15.1 Å². The lowest BCUT2D eigenvalue weighted by Crippen LogP contribution is -2.57. The summed E-state index contributed by atoms with van der Waals surface area (Å²) in [6, 6.07) is 17.2. The van der Waals surface area contributed by atoms with Crippen molar-refractivity contribution in [1.82, 2.24) is 14.5 Å². The van der Waals surface area contributed by atoms with Crippen LogP contribution >= 0.6 is 0 Å². The topological polar surface area (TPSA) is 98.8 Å². The number of likely N-dealkylation sites (tertiary alicyclic amines) is 1. The molecule has 3 aromatic carbocycles. The molecule has 0 aliphatic carbocycles. The lowest BCUT2D eigenvalue weighted by atomic mass is 9.87. The molecular formula is C28H34N4O4S. The van der Waals surface area contributed by atoms with E-state index in [0.717, 1.165) is 5.56 Å². The number of carbonyl (C=O) groups is 2. The van der Waals surface area contributed by atoms with Gasteiger partial charge in [0, 0.05) is 55.2 Å². The van der Waals surface area contributed by atoms with Gasteiger partial charge in [0.2, 0.25) is 10.0 Å². The predicted octanol–water partition coefficient (Wildman–Crippen LogP) is 4.32. The highest BCUT2D eigenvalue weighted by Crippen LogP contribution is 2.31. The molecule has 8 nitrogen and oxygen atoms in total.